The molecule has 5 N–H and O–H groups in total. The van der Waals surface area contributed by atoms with Crippen LogP contribution >= 0.6 is 11.6 Å². The first-order valence-electron chi connectivity index (χ1n) is 12.2. The van der Waals surface area contributed by atoms with E-state index in [1.54, 1.807) is 6.07 Å². The molecule has 4 heterocycles. The fourth-order valence-corrected chi connectivity index (χ4v) is 4.35. The summed E-state index contributed by atoms with van der Waals surface area (Å²) in [7, 11) is 0. The maximum absolute atomic E-state index is 10.8. The van der Waals surface area contributed by atoms with Gasteiger partial charge in [0.05, 0.1) is 24.7 Å². The zero-order valence-electron chi connectivity index (χ0n) is 21.2. The van der Waals surface area contributed by atoms with Crippen molar-refractivity contribution in [1.29, 1.82) is 0 Å². The summed E-state index contributed by atoms with van der Waals surface area (Å²) in [6.45, 7) is 2.87. The van der Waals surface area contributed by atoms with Crippen LogP contribution in [0.3, 0.4) is 0 Å². The Hall–Kier alpha value is -3.62. The summed E-state index contributed by atoms with van der Waals surface area (Å²) in [5.41, 5.74) is 2.43. The van der Waals surface area contributed by atoms with Crippen LogP contribution in [0.5, 0.6) is 0 Å². The third kappa shape index (κ3) is 6.52. The van der Waals surface area contributed by atoms with Gasteiger partial charge < -0.3 is 35.0 Å². The Labute approximate surface area is 228 Å². The summed E-state index contributed by atoms with van der Waals surface area (Å²) in [6.07, 6.45) is -1.82. The van der Waals surface area contributed by atoms with Gasteiger partial charge in [-0.05, 0) is 30.0 Å². The zero-order chi connectivity index (χ0) is 28.1. The van der Waals surface area contributed by atoms with E-state index in [1.807, 2.05) is 37.3 Å². The number of aliphatic carboxylic acids is 1. The summed E-state index contributed by atoms with van der Waals surface area (Å²) in [4.78, 5) is 21.9. The highest BCUT2D eigenvalue weighted by Gasteiger charge is 2.47. The minimum atomic E-state index is -1.29. The quantitative estimate of drug-likeness (QED) is 0.198. The van der Waals surface area contributed by atoms with Gasteiger partial charge in [-0.15, -0.1) is 0 Å². The Balaban J connectivity index is 0.000000826. The largest absolute Gasteiger partial charge is 0.481 e. The van der Waals surface area contributed by atoms with Crippen molar-refractivity contribution in [3.05, 3.63) is 65.0 Å². The molecule has 1 aromatic carbocycles. The normalized spacial score (nSPS) is 21.4. The van der Waals surface area contributed by atoms with Crippen LogP contribution in [0.25, 0.3) is 11.2 Å². The molecule has 5 atom stereocenters. The molecule has 0 bridgehead atoms. The summed E-state index contributed by atoms with van der Waals surface area (Å²) in [5, 5.41) is 45.8. The number of ether oxygens (including phenoxy) is 1. The van der Waals surface area contributed by atoms with Gasteiger partial charge in [0.25, 0.3) is 5.97 Å². The van der Waals surface area contributed by atoms with E-state index in [9.17, 15) is 15.3 Å². The molecule has 1 aliphatic rings. The number of carbonyl (C=O) groups is 1. The van der Waals surface area contributed by atoms with Crippen molar-refractivity contribution in [2.24, 2.45) is 0 Å². The predicted molar refractivity (Wildman–Crippen MR) is 139 cm³/mol. The number of anilines is 1. The van der Waals surface area contributed by atoms with Gasteiger partial charge in [-0.25, -0.2) is 4.98 Å². The third-order valence-corrected chi connectivity index (χ3v) is 6.18. The van der Waals surface area contributed by atoms with Crippen LogP contribution in [-0.2, 0) is 22.4 Å². The van der Waals surface area contributed by atoms with Gasteiger partial charge in [-0.1, -0.05) is 42.4 Å². The van der Waals surface area contributed by atoms with E-state index < -0.39 is 30.5 Å². The number of aliphatic hydroxyl groups is 3. The minimum Gasteiger partial charge on any atom is -0.481 e. The van der Waals surface area contributed by atoms with Crippen molar-refractivity contribution in [1.82, 2.24) is 24.7 Å². The fourth-order valence-electron chi connectivity index (χ4n) is 4.18. The van der Waals surface area contributed by atoms with E-state index in [2.05, 4.69) is 25.4 Å². The van der Waals surface area contributed by atoms with Crippen LogP contribution in [0.2, 0.25) is 5.28 Å². The molecule has 5 rings (SSSR count). The Morgan fingerprint density at radius 2 is 1.92 bits per heavy atom. The number of aliphatic hydroxyl groups excluding tert-OH is 3. The lowest BCUT2D eigenvalue weighted by atomic mass is 10.1. The van der Waals surface area contributed by atoms with Gasteiger partial charge in [-0.3, -0.25) is 9.36 Å². The van der Waals surface area contributed by atoms with Crippen molar-refractivity contribution in [2.75, 3.05) is 11.9 Å². The van der Waals surface area contributed by atoms with Crippen LogP contribution in [0.1, 0.15) is 43.2 Å². The van der Waals surface area contributed by atoms with E-state index in [0.29, 0.717) is 41.3 Å². The number of fused-ring (bicyclic) bond motifs is 1. The van der Waals surface area contributed by atoms with Crippen molar-refractivity contribution < 1.29 is 34.5 Å². The molecule has 0 spiro atoms. The van der Waals surface area contributed by atoms with Gasteiger partial charge in [0.2, 0.25) is 5.28 Å². The van der Waals surface area contributed by atoms with E-state index in [0.717, 1.165) is 12.5 Å². The molecule has 1 saturated heterocycles. The van der Waals surface area contributed by atoms with Crippen LogP contribution in [0, 0.1) is 0 Å². The minimum absolute atomic E-state index is 0.0504. The lowest BCUT2D eigenvalue weighted by Crippen LogP contribution is -2.29. The molecule has 0 saturated carbocycles. The van der Waals surface area contributed by atoms with E-state index in [4.69, 9.17) is 30.8 Å². The maximum Gasteiger partial charge on any atom is 0.300 e. The molecular weight excluding hydrogens is 532 g/mol. The van der Waals surface area contributed by atoms with Crippen molar-refractivity contribution >= 4 is 34.6 Å². The molecule has 0 radical (unpaired) electrons. The fraction of sp³-hybridized carbons (Fsp3) is 0.400. The van der Waals surface area contributed by atoms with Gasteiger partial charge in [0, 0.05) is 13.0 Å². The number of carboxylic acids is 1. The topological polar surface area (TPSA) is 189 Å². The summed E-state index contributed by atoms with van der Waals surface area (Å²) in [6, 6.07) is 11.1. The monoisotopic (exact) mass is 560 g/mol. The number of aromatic nitrogens is 5. The number of benzene rings is 1. The first kappa shape index (κ1) is 28.4. The molecule has 1 fully saturated rings. The number of carboxylic acid groups (broad SMARTS) is 1. The Morgan fingerprint density at radius 1 is 1.21 bits per heavy atom. The number of imidazole rings is 1. The predicted octanol–water partition coefficient (Wildman–Crippen LogP) is 2.13. The lowest BCUT2D eigenvalue weighted by molar-refractivity contribution is -0.134. The second kappa shape index (κ2) is 12.5. The SMILES string of the molecule is CC(=O)O.CCc1cc([C@H]2O[C@@H](n3cnc4c(N[C@H](CO)Cc5ccccc5)nc(Cl)nc43)[C@H](O)[C@H]2O)on1. The number of nitrogens with one attached hydrogen (secondary N) is 1. The first-order chi connectivity index (χ1) is 18.7. The standard InChI is InChI=1S/C23H25ClN6O5.C2H4O2/c1-2-13-9-15(35-29-13)19-17(32)18(33)22(34-19)30-11-25-16-20(27-23(24)28-21(16)30)26-14(10-31)8-12-6-4-3-5-7-12;1-2(3)4/h3-7,9,11,14,17-19,22,31-33H,2,8,10H2,1H3,(H,26,27,28);1H3,(H,3,4)/t14-,17+,18+,19+,22+;/m0./s1. The van der Waals surface area contributed by atoms with Crippen molar-refractivity contribution in [3.63, 3.8) is 0 Å². The summed E-state index contributed by atoms with van der Waals surface area (Å²) in [5.74, 6) is -0.178. The number of aryl methyl sites for hydroxylation is 1. The number of hydrogen-bond donors (Lipinski definition) is 5. The highest BCUT2D eigenvalue weighted by atomic mass is 35.5. The number of halogens is 1. The lowest BCUT2D eigenvalue weighted by Gasteiger charge is -2.18. The summed E-state index contributed by atoms with van der Waals surface area (Å²) >= 11 is 6.21. The molecule has 4 aromatic rings. The molecule has 13 nitrogen and oxygen atoms in total. The van der Waals surface area contributed by atoms with Crippen molar-refractivity contribution in [2.45, 2.75) is 57.3 Å². The Bertz CT molecular complexity index is 1390. The van der Waals surface area contributed by atoms with Crippen molar-refractivity contribution in [3.8, 4) is 0 Å². The average molecular weight is 561 g/mol. The molecule has 3 aromatic heterocycles. The molecule has 0 aliphatic carbocycles. The van der Waals surface area contributed by atoms with E-state index in [1.165, 1.54) is 10.9 Å². The van der Waals surface area contributed by atoms with Gasteiger partial charge in [0.1, 0.15) is 18.3 Å². The highest BCUT2D eigenvalue weighted by Crippen LogP contribution is 2.40. The second-order valence-electron chi connectivity index (χ2n) is 8.90. The van der Waals surface area contributed by atoms with E-state index >= 15 is 0 Å². The molecule has 39 heavy (non-hydrogen) atoms. The van der Waals surface area contributed by atoms with Gasteiger partial charge in [0.15, 0.2) is 29.0 Å². The molecule has 14 heteroatoms. The molecule has 208 valence electrons. The van der Waals surface area contributed by atoms with Crippen LogP contribution in [0.4, 0.5) is 5.82 Å². The average Bonchev–Trinajstić information content (AvgIpc) is 3.62. The summed E-state index contributed by atoms with van der Waals surface area (Å²) < 4.78 is 12.8. The van der Waals surface area contributed by atoms with Gasteiger partial charge >= 0.3 is 0 Å². The van der Waals surface area contributed by atoms with Crippen LogP contribution < -0.4 is 5.32 Å². The smallest absolute Gasteiger partial charge is 0.300 e. The molecule has 0 amide bonds. The highest BCUT2D eigenvalue weighted by molar-refractivity contribution is 6.28. The number of hydrogen-bond acceptors (Lipinski definition) is 11. The number of nitrogens with zero attached hydrogens (tertiary/aromatic N) is 5. The Kier molecular flexibility index (Phi) is 9.09. The maximum atomic E-state index is 10.8. The third-order valence-electron chi connectivity index (χ3n) is 6.01. The molecule has 1 aliphatic heterocycles. The second-order valence-corrected chi connectivity index (χ2v) is 9.24. The molecular formula is C25H29ClN6O7. The Morgan fingerprint density at radius 3 is 2.56 bits per heavy atom. The zero-order valence-corrected chi connectivity index (χ0v) is 21.9. The first-order valence-corrected chi connectivity index (χ1v) is 12.6. The van der Waals surface area contributed by atoms with Crippen LogP contribution in [0.15, 0.2) is 47.2 Å². The molecule has 0 unspecified atom stereocenters. The number of rotatable bonds is 8. The van der Waals surface area contributed by atoms with Crippen LogP contribution in [-0.4, -0.2) is 75.9 Å². The van der Waals surface area contributed by atoms with Gasteiger partial charge in [-0.2, -0.15) is 9.97 Å². The van der Waals surface area contributed by atoms with E-state index in [-0.39, 0.29) is 17.9 Å².